The number of fused-ring (bicyclic) bond motifs is 2. The molecule has 1 unspecified atom stereocenters. The van der Waals surface area contributed by atoms with Crippen LogP contribution in [0.2, 0.25) is 0 Å². The Morgan fingerprint density at radius 2 is 2.11 bits per heavy atom. The Kier molecular flexibility index (Phi) is 6.68. The van der Waals surface area contributed by atoms with Gasteiger partial charge in [0.15, 0.2) is 0 Å². The maximum Gasteiger partial charge on any atom is 0.262 e. The zero-order chi connectivity index (χ0) is 19.4. The summed E-state index contributed by atoms with van der Waals surface area (Å²) in [6.07, 6.45) is 8.68. The topological polar surface area (TPSA) is 64.0 Å². The molecule has 1 amide bonds. The third-order valence-corrected chi connectivity index (χ3v) is 6.90. The summed E-state index contributed by atoms with van der Waals surface area (Å²) in [5, 5.41) is 3.73. The number of nitrogens with one attached hydrogen (secondary N) is 1. The van der Waals surface area contributed by atoms with Gasteiger partial charge in [-0.3, -0.25) is 14.2 Å². The van der Waals surface area contributed by atoms with E-state index in [1.807, 2.05) is 11.5 Å². The molecule has 1 aliphatic rings. The van der Waals surface area contributed by atoms with E-state index in [-0.39, 0.29) is 11.5 Å². The van der Waals surface area contributed by atoms with Gasteiger partial charge in [0, 0.05) is 19.5 Å². The predicted molar refractivity (Wildman–Crippen MR) is 112 cm³/mol. The number of unbranched alkanes of at least 4 members (excludes halogenated alkanes) is 1. The maximum absolute atomic E-state index is 13.0. The van der Waals surface area contributed by atoms with Crippen LogP contribution in [-0.2, 0) is 13.0 Å². The van der Waals surface area contributed by atoms with E-state index in [1.54, 1.807) is 0 Å². The molecule has 148 valence electrons. The van der Waals surface area contributed by atoms with Gasteiger partial charge in [-0.2, -0.15) is 0 Å². The molecule has 1 aliphatic heterocycles. The van der Waals surface area contributed by atoms with Crippen molar-refractivity contribution in [2.45, 2.75) is 78.7 Å². The van der Waals surface area contributed by atoms with Crippen LogP contribution in [-0.4, -0.2) is 22.0 Å². The fourth-order valence-corrected chi connectivity index (χ4v) is 4.99. The Morgan fingerprint density at radius 1 is 1.30 bits per heavy atom. The van der Waals surface area contributed by atoms with Crippen molar-refractivity contribution in [3.63, 3.8) is 0 Å². The summed E-state index contributed by atoms with van der Waals surface area (Å²) in [6, 6.07) is 0. The lowest BCUT2D eigenvalue weighted by molar-refractivity contribution is 0.0949. The summed E-state index contributed by atoms with van der Waals surface area (Å²) < 4.78 is 1.83. The number of aryl methyl sites for hydroxylation is 2. The summed E-state index contributed by atoms with van der Waals surface area (Å²) in [5.74, 6) is 1.33. The van der Waals surface area contributed by atoms with Crippen molar-refractivity contribution in [2.24, 2.45) is 5.92 Å². The van der Waals surface area contributed by atoms with Crippen LogP contribution < -0.4 is 10.9 Å². The highest BCUT2D eigenvalue weighted by Gasteiger charge is 2.22. The zero-order valence-corrected chi connectivity index (χ0v) is 17.6. The van der Waals surface area contributed by atoms with Crippen LogP contribution in [0.25, 0.3) is 10.2 Å². The molecule has 0 aromatic carbocycles. The Hall–Kier alpha value is -1.69. The van der Waals surface area contributed by atoms with Gasteiger partial charge in [0.05, 0.1) is 10.3 Å². The third kappa shape index (κ3) is 4.26. The number of carbonyl (C=O) groups is 1. The molecule has 0 saturated carbocycles. The first kappa shape index (κ1) is 20.1. The van der Waals surface area contributed by atoms with Crippen molar-refractivity contribution >= 4 is 27.5 Å². The van der Waals surface area contributed by atoms with Gasteiger partial charge in [-0.15, -0.1) is 11.3 Å². The normalized spacial score (nSPS) is 15.4. The van der Waals surface area contributed by atoms with Gasteiger partial charge in [-0.25, -0.2) is 4.98 Å². The second-order valence-corrected chi connectivity index (χ2v) is 8.66. The smallest absolute Gasteiger partial charge is 0.262 e. The monoisotopic (exact) mass is 389 g/mol. The van der Waals surface area contributed by atoms with Gasteiger partial charge < -0.3 is 5.32 Å². The van der Waals surface area contributed by atoms with E-state index in [0.29, 0.717) is 27.6 Å². The molecule has 0 bridgehead atoms. The Morgan fingerprint density at radius 3 is 2.85 bits per heavy atom. The lowest BCUT2D eigenvalue weighted by Gasteiger charge is -2.15. The minimum atomic E-state index is -0.0648. The quantitative estimate of drug-likeness (QED) is 0.761. The molecule has 0 aliphatic carbocycles. The lowest BCUT2D eigenvalue weighted by atomic mass is 9.99. The maximum atomic E-state index is 13.0. The standard InChI is InChI=1S/C21H31N3O2S/c1-4-6-10-15(5-2)13-22-19(25)18-14(3)17-20(27-18)23-16-11-8-7-9-12-24(16)21(17)26/h15H,4-13H2,1-3H3,(H,22,25). The summed E-state index contributed by atoms with van der Waals surface area (Å²) in [7, 11) is 0. The van der Waals surface area contributed by atoms with Crippen molar-refractivity contribution in [1.29, 1.82) is 0 Å². The van der Waals surface area contributed by atoms with Crippen molar-refractivity contribution in [3.8, 4) is 0 Å². The van der Waals surface area contributed by atoms with E-state index in [1.165, 1.54) is 24.2 Å². The zero-order valence-electron chi connectivity index (χ0n) is 16.8. The molecular formula is C21H31N3O2S. The first-order chi connectivity index (χ1) is 13.1. The predicted octanol–water partition coefficient (Wildman–Crippen LogP) is 4.44. The number of nitrogens with zero attached hydrogens (tertiary/aromatic N) is 2. The van der Waals surface area contributed by atoms with Gasteiger partial charge in [-0.1, -0.05) is 39.5 Å². The van der Waals surface area contributed by atoms with Crippen LogP contribution in [0.5, 0.6) is 0 Å². The van der Waals surface area contributed by atoms with Gasteiger partial charge >= 0.3 is 0 Å². The van der Waals surface area contributed by atoms with E-state index < -0.39 is 0 Å². The highest BCUT2D eigenvalue weighted by Crippen LogP contribution is 2.28. The lowest BCUT2D eigenvalue weighted by Crippen LogP contribution is -2.29. The van der Waals surface area contributed by atoms with E-state index in [0.717, 1.165) is 56.5 Å². The number of carbonyl (C=O) groups excluding carboxylic acids is 1. The number of aromatic nitrogens is 2. The Bertz CT molecular complexity index is 868. The first-order valence-corrected chi connectivity index (χ1v) is 11.2. The minimum Gasteiger partial charge on any atom is -0.351 e. The van der Waals surface area contributed by atoms with E-state index in [4.69, 9.17) is 4.98 Å². The third-order valence-electron chi connectivity index (χ3n) is 5.71. The number of thiophene rings is 1. The van der Waals surface area contributed by atoms with E-state index in [2.05, 4.69) is 19.2 Å². The molecule has 1 atom stereocenters. The largest absolute Gasteiger partial charge is 0.351 e. The fourth-order valence-electron chi connectivity index (χ4n) is 3.89. The van der Waals surface area contributed by atoms with E-state index >= 15 is 0 Å². The average Bonchev–Trinajstić information content (AvgIpc) is 2.83. The van der Waals surface area contributed by atoms with Crippen molar-refractivity contribution in [1.82, 2.24) is 14.9 Å². The molecule has 0 fully saturated rings. The minimum absolute atomic E-state index is 0.0269. The van der Waals surface area contributed by atoms with Crippen molar-refractivity contribution in [3.05, 3.63) is 26.6 Å². The Labute approximate surface area is 165 Å². The van der Waals surface area contributed by atoms with Gasteiger partial charge in [0.2, 0.25) is 0 Å². The molecule has 27 heavy (non-hydrogen) atoms. The van der Waals surface area contributed by atoms with Crippen LogP contribution in [0.1, 0.15) is 79.9 Å². The fraction of sp³-hybridized carbons (Fsp3) is 0.667. The molecule has 6 heteroatoms. The van der Waals surface area contributed by atoms with Crippen LogP contribution in [0, 0.1) is 12.8 Å². The van der Waals surface area contributed by atoms with Gasteiger partial charge in [-0.05, 0) is 37.7 Å². The van der Waals surface area contributed by atoms with Gasteiger partial charge in [0.1, 0.15) is 10.7 Å². The summed E-state index contributed by atoms with van der Waals surface area (Å²) in [6.45, 7) is 7.69. The highest BCUT2D eigenvalue weighted by molar-refractivity contribution is 7.20. The molecule has 1 N–H and O–H groups in total. The SMILES string of the molecule is CCCCC(CC)CNC(=O)c1sc2nc3n(c(=O)c2c1C)CCCCC3. The number of amides is 1. The number of rotatable bonds is 7. The van der Waals surface area contributed by atoms with Crippen LogP contribution in [0.4, 0.5) is 0 Å². The molecule has 0 spiro atoms. The molecule has 0 saturated heterocycles. The van der Waals surface area contributed by atoms with Crippen LogP contribution in [0.15, 0.2) is 4.79 Å². The Balaban J connectivity index is 1.85. The molecular weight excluding hydrogens is 358 g/mol. The second-order valence-electron chi connectivity index (χ2n) is 7.66. The molecule has 0 radical (unpaired) electrons. The summed E-state index contributed by atoms with van der Waals surface area (Å²) >= 11 is 1.37. The molecule has 2 aromatic heterocycles. The van der Waals surface area contributed by atoms with Crippen LogP contribution in [0.3, 0.4) is 0 Å². The molecule has 2 aromatic rings. The second kappa shape index (κ2) is 9.00. The number of hydrogen-bond acceptors (Lipinski definition) is 4. The van der Waals surface area contributed by atoms with Gasteiger partial charge in [0.25, 0.3) is 11.5 Å². The highest BCUT2D eigenvalue weighted by atomic mass is 32.1. The van der Waals surface area contributed by atoms with Crippen LogP contribution >= 0.6 is 11.3 Å². The number of hydrogen-bond donors (Lipinski definition) is 1. The van der Waals surface area contributed by atoms with Crippen molar-refractivity contribution in [2.75, 3.05) is 6.54 Å². The summed E-state index contributed by atoms with van der Waals surface area (Å²) in [4.78, 5) is 31.9. The molecule has 5 nitrogen and oxygen atoms in total. The molecule has 3 rings (SSSR count). The van der Waals surface area contributed by atoms with Crippen molar-refractivity contribution < 1.29 is 4.79 Å². The average molecular weight is 390 g/mol. The first-order valence-electron chi connectivity index (χ1n) is 10.4. The molecule has 3 heterocycles. The van der Waals surface area contributed by atoms with E-state index in [9.17, 15) is 9.59 Å². The summed E-state index contributed by atoms with van der Waals surface area (Å²) in [5.41, 5.74) is 0.810.